The van der Waals surface area contributed by atoms with Gasteiger partial charge in [0.15, 0.2) is 0 Å². The molecule has 2 aromatic rings. The minimum atomic E-state index is -2.86. The Labute approximate surface area is 166 Å². The fraction of sp³-hybridized carbons (Fsp3) is 0.435. The summed E-state index contributed by atoms with van der Waals surface area (Å²) in [5, 5.41) is 2.98. The minimum absolute atomic E-state index is 0.0185. The molecule has 1 N–H and O–H groups in total. The van der Waals surface area contributed by atoms with E-state index in [9.17, 15) is 13.6 Å². The highest BCUT2D eigenvalue weighted by Crippen LogP contribution is 2.28. The van der Waals surface area contributed by atoms with Gasteiger partial charge in [0.2, 0.25) is 5.91 Å². The van der Waals surface area contributed by atoms with Gasteiger partial charge in [-0.25, -0.2) is 8.78 Å². The number of unbranched alkanes of at least 4 members (excludes halogenated alkanes) is 1. The molecule has 1 atom stereocenters. The molecule has 1 unspecified atom stereocenters. The van der Waals surface area contributed by atoms with Gasteiger partial charge in [0, 0.05) is 24.9 Å². The van der Waals surface area contributed by atoms with Crippen LogP contribution in [0.1, 0.15) is 56.7 Å². The number of nitrogens with one attached hydrogen (secondary N) is 1. The predicted molar refractivity (Wildman–Crippen MR) is 107 cm³/mol. The smallest absolute Gasteiger partial charge is 0.270 e. The third-order valence-electron chi connectivity index (χ3n) is 4.66. The van der Waals surface area contributed by atoms with Gasteiger partial charge < -0.3 is 10.1 Å². The molecule has 28 heavy (non-hydrogen) atoms. The van der Waals surface area contributed by atoms with Gasteiger partial charge in [-0.3, -0.25) is 4.79 Å². The third-order valence-corrected chi connectivity index (χ3v) is 4.66. The van der Waals surface area contributed by atoms with E-state index >= 15 is 0 Å². The van der Waals surface area contributed by atoms with Gasteiger partial charge in [0.05, 0.1) is 0 Å². The van der Waals surface area contributed by atoms with Crippen molar-refractivity contribution in [2.45, 2.75) is 59.1 Å². The number of carbonyl (C=O) groups is 1. The second kappa shape index (κ2) is 10.2. The molecule has 0 saturated heterocycles. The van der Waals surface area contributed by atoms with Gasteiger partial charge in [-0.1, -0.05) is 51.0 Å². The summed E-state index contributed by atoms with van der Waals surface area (Å²) in [5.41, 5.74) is 1.92. The molecule has 0 aliphatic rings. The number of halogens is 2. The maximum atomic E-state index is 13.3. The van der Waals surface area contributed by atoms with Crippen LogP contribution in [0.4, 0.5) is 8.78 Å². The van der Waals surface area contributed by atoms with Crippen molar-refractivity contribution in [3.8, 4) is 5.75 Å². The second-order valence-electron chi connectivity index (χ2n) is 7.28. The lowest BCUT2D eigenvalue weighted by Gasteiger charge is -2.13. The molecular formula is C23H29F2NO2. The van der Waals surface area contributed by atoms with Crippen LogP contribution in [0.3, 0.4) is 0 Å². The molecule has 0 heterocycles. The number of amides is 1. The average molecular weight is 389 g/mol. The van der Waals surface area contributed by atoms with Crippen LogP contribution in [0.2, 0.25) is 0 Å². The third kappa shape index (κ3) is 6.95. The van der Waals surface area contributed by atoms with E-state index in [1.54, 1.807) is 12.1 Å². The van der Waals surface area contributed by atoms with Crippen molar-refractivity contribution < 1.29 is 18.3 Å². The highest BCUT2D eigenvalue weighted by atomic mass is 19.3. The molecule has 0 radical (unpaired) electrons. The zero-order chi connectivity index (χ0) is 20.6. The maximum absolute atomic E-state index is 13.3. The molecule has 0 aromatic heterocycles. The van der Waals surface area contributed by atoms with E-state index in [2.05, 4.69) is 12.2 Å². The first-order valence-electron chi connectivity index (χ1n) is 9.76. The maximum Gasteiger partial charge on any atom is 0.270 e. The molecule has 0 fully saturated rings. The Kier molecular flexibility index (Phi) is 7.97. The molecule has 0 aliphatic carbocycles. The van der Waals surface area contributed by atoms with Gasteiger partial charge in [0.25, 0.3) is 5.92 Å². The molecular weight excluding hydrogens is 360 g/mol. The first-order chi connectivity index (χ1) is 13.3. The lowest BCUT2D eigenvalue weighted by atomic mass is 10.0. The Bertz CT molecular complexity index is 754. The Balaban J connectivity index is 1.86. The molecule has 0 aliphatic heterocycles. The second-order valence-corrected chi connectivity index (χ2v) is 7.28. The normalized spacial score (nSPS) is 12.5. The summed E-state index contributed by atoms with van der Waals surface area (Å²) >= 11 is 0. The zero-order valence-electron chi connectivity index (χ0n) is 16.8. The number of hydrogen-bond acceptors (Lipinski definition) is 2. The van der Waals surface area contributed by atoms with Crippen molar-refractivity contribution in [1.82, 2.24) is 5.32 Å². The SMILES string of the molecule is CCCCC(C)C(=O)NCc1cccc(COc2ccc(C(C)(F)F)cc2)c1. The van der Waals surface area contributed by atoms with Crippen molar-refractivity contribution in [2.75, 3.05) is 0 Å². The van der Waals surface area contributed by atoms with Gasteiger partial charge in [0.1, 0.15) is 12.4 Å². The first-order valence-corrected chi connectivity index (χ1v) is 9.76. The van der Waals surface area contributed by atoms with Crippen molar-refractivity contribution in [2.24, 2.45) is 5.92 Å². The largest absolute Gasteiger partial charge is 0.489 e. The van der Waals surface area contributed by atoms with E-state index in [4.69, 9.17) is 4.74 Å². The molecule has 0 saturated carbocycles. The number of alkyl halides is 2. The van der Waals surface area contributed by atoms with Crippen molar-refractivity contribution in [3.63, 3.8) is 0 Å². The number of carbonyl (C=O) groups excluding carboxylic acids is 1. The number of rotatable bonds is 10. The van der Waals surface area contributed by atoms with Crippen LogP contribution in [0, 0.1) is 5.92 Å². The zero-order valence-corrected chi connectivity index (χ0v) is 16.8. The molecule has 2 aromatic carbocycles. The van der Waals surface area contributed by atoms with Gasteiger partial charge in [-0.15, -0.1) is 0 Å². The van der Waals surface area contributed by atoms with E-state index in [1.165, 1.54) is 12.1 Å². The average Bonchev–Trinajstić information content (AvgIpc) is 2.68. The summed E-state index contributed by atoms with van der Waals surface area (Å²) in [4.78, 5) is 12.1. The summed E-state index contributed by atoms with van der Waals surface area (Å²) in [6.45, 7) is 5.75. The van der Waals surface area contributed by atoms with Crippen LogP contribution in [-0.4, -0.2) is 5.91 Å². The number of ether oxygens (including phenoxy) is 1. The number of hydrogen-bond donors (Lipinski definition) is 1. The molecule has 152 valence electrons. The Morgan fingerprint density at radius 1 is 1.14 bits per heavy atom. The standard InChI is InChI=1S/C23H29F2NO2/c1-4-5-7-17(2)22(27)26-15-18-8-6-9-19(14-18)16-28-21-12-10-20(11-13-21)23(3,24)25/h6,8-14,17H,4-5,7,15-16H2,1-3H3,(H,26,27). The summed E-state index contributed by atoms with van der Waals surface area (Å²) in [6, 6.07) is 13.6. The van der Waals surface area contributed by atoms with E-state index < -0.39 is 5.92 Å². The Morgan fingerprint density at radius 3 is 2.46 bits per heavy atom. The van der Waals surface area contributed by atoms with E-state index in [1.807, 2.05) is 31.2 Å². The fourth-order valence-corrected chi connectivity index (χ4v) is 2.84. The summed E-state index contributed by atoms with van der Waals surface area (Å²) in [5.74, 6) is -2.23. The van der Waals surface area contributed by atoms with Crippen LogP contribution < -0.4 is 10.1 Å². The Morgan fingerprint density at radius 2 is 1.82 bits per heavy atom. The topological polar surface area (TPSA) is 38.3 Å². The van der Waals surface area contributed by atoms with E-state index in [0.717, 1.165) is 37.3 Å². The van der Waals surface area contributed by atoms with Crippen LogP contribution in [0.5, 0.6) is 5.75 Å². The molecule has 0 spiro atoms. The minimum Gasteiger partial charge on any atom is -0.489 e. The van der Waals surface area contributed by atoms with E-state index in [-0.39, 0.29) is 17.4 Å². The van der Waals surface area contributed by atoms with Gasteiger partial charge in [-0.2, -0.15) is 0 Å². The van der Waals surface area contributed by atoms with Crippen molar-refractivity contribution in [1.29, 1.82) is 0 Å². The monoisotopic (exact) mass is 389 g/mol. The van der Waals surface area contributed by atoms with Crippen molar-refractivity contribution in [3.05, 3.63) is 65.2 Å². The summed E-state index contributed by atoms with van der Waals surface area (Å²) in [6.07, 6.45) is 3.04. The van der Waals surface area contributed by atoms with Crippen LogP contribution in [-0.2, 0) is 23.9 Å². The van der Waals surface area contributed by atoms with Crippen molar-refractivity contribution >= 4 is 5.91 Å². The fourth-order valence-electron chi connectivity index (χ4n) is 2.84. The highest BCUT2D eigenvalue weighted by Gasteiger charge is 2.23. The lowest BCUT2D eigenvalue weighted by Crippen LogP contribution is -2.28. The van der Waals surface area contributed by atoms with E-state index in [0.29, 0.717) is 18.9 Å². The Hall–Kier alpha value is -2.43. The lowest BCUT2D eigenvalue weighted by molar-refractivity contribution is -0.124. The predicted octanol–water partition coefficient (Wildman–Crippen LogP) is 5.82. The van der Waals surface area contributed by atoms with Gasteiger partial charge in [-0.05, 0) is 41.8 Å². The summed E-state index contributed by atoms with van der Waals surface area (Å²) < 4.78 is 32.2. The van der Waals surface area contributed by atoms with Crippen LogP contribution >= 0.6 is 0 Å². The molecule has 3 nitrogen and oxygen atoms in total. The van der Waals surface area contributed by atoms with Gasteiger partial charge >= 0.3 is 0 Å². The van der Waals surface area contributed by atoms with Crippen LogP contribution in [0.25, 0.3) is 0 Å². The molecule has 5 heteroatoms. The van der Waals surface area contributed by atoms with Crippen LogP contribution in [0.15, 0.2) is 48.5 Å². The molecule has 0 bridgehead atoms. The molecule has 1 amide bonds. The molecule has 2 rings (SSSR count). The number of benzene rings is 2. The quantitative estimate of drug-likeness (QED) is 0.556. The first kappa shape index (κ1) is 21.9. The summed E-state index contributed by atoms with van der Waals surface area (Å²) in [7, 11) is 0. The highest BCUT2D eigenvalue weighted by molar-refractivity contribution is 5.78.